The molecule has 5 nitrogen and oxygen atoms in total. The molecule has 7 heteroatoms. The van der Waals surface area contributed by atoms with E-state index in [1.807, 2.05) is 32.9 Å². The lowest BCUT2D eigenvalue weighted by Gasteiger charge is -2.17. The van der Waals surface area contributed by atoms with E-state index in [9.17, 15) is 0 Å². The van der Waals surface area contributed by atoms with Crippen LogP contribution in [-0.2, 0) is 22.4 Å². The van der Waals surface area contributed by atoms with Crippen LogP contribution in [0.2, 0.25) is 0 Å². The van der Waals surface area contributed by atoms with E-state index in [1.54, 1.807) is 12.3 Å². The van der Waals surface area contributed by atoms with Crippen molar-refractivity contribution in [2.45, 2.75) is 53.1 Å². The van der Waals surface area contributed by atoms with E-state index in [-0.39, 0.29) is 10.1 Å². The highest BCUT2D eigenvalue weighted by molar-refractivity contribution is 6.55. The smallest absolute Gasteiger partial charge is 0.129 e. The van der Waals surface area contributed by atoms with E-state index in [1.165, 1.54) is 0 Å². The first kappa shape index (κ1) is 24.6. The van der Waals surface area contributed by atoms with E-state index in [0.717, 1.165) is 35.5 Å². The molecule has 0 radical (unpaired) electrons. The van der Waals surface area contributed by atoms with Gasteiger partial charge >= 0.3 is 0 Å². The minimum atomic E-state index is -0.297. The molecule has 0 fully saturated rings. The first-order valence-corrected chi connectivity index (χ1v) is 10.2. The molecule has 1 aromatic carbocycles. The summed E-state index contributed by atoms with van der Waals surface area (Å²) in [5.41, 5.74) is 1.89. The number of nitrogens with zero attached hydrogens (tertiary/aromatic N) is 1. The molecule has 0 aliphatic heterocycles. The van der Waals surface area contributed by atoms with Crippen LogP contribution in [0.1, 0.15) is 45.7 Å². The third kappa shape index (κ3) is 10.2. The van der Waals surface area contributed by atoms with Crippen molar-refractivity contribution in [3.8, 4) is 11.5 Å². The van der Waals surface area contributed by atoms with E-state index >= 15 is 0 Å². The van der Waals surface area contributed by atoms with Gasteiger partial charge in [0, 0.05) is 0 Å². The van der Waals surface area contributed by atoms with Gasteiger partial charge in [0.05, 0.1) is 19.4 Å². The Morgan fingerprint density at radius 3 is 2.18 bits per heavy atom. The molecule has 0 heterocycles. The SMILES string of the molecule is CCc1cc(OCC=C(Cl)Cl)cc(CC)c1OCCOC/C=N\OC(C)(C)C. The highest BCUT2D eigenvalue weighted by Gasteiger charge is 2.11. The Bertz CT molecular complexity index is 625. The van der Waals surface area contributed by atoms with Crippen molar-refractivity contribution < 1.29 is 19.0 Å². The van der Waals surface area contributed by atoms with Crippen molar-refractivity contribution in [3.63, 3.8) is 0 Å². The van der Waals surface area contributed by atoms with Crippen LogP contribution in [-0.4, -0.2) is 38.2 Å². The van der Waals surface area contributed by atoms with Crippen LogP contribution in [0.4, 0.5) is 0 Å². The monoisotopic (exact) mass is 431 g/mol. The lowest BCUT2D eigenvalue weighted by molar-refractivity contribution is 0.000526. The fourth-order valence-corrected chi connectivity index (χ4v) is 2.41. The van der Waals surface area contributed by atoms with Crippen LogP contribution in [0.5, 0.6) is 11.5 Å². The average Bonchev–Trinajstić information content (AvgIpc) is 2.62. The van der Waals surface area contributed by atoms with Gasteiger partial charge in [0.25, 0.3) is 0 Å². The minimum Gasteiger partial charge on any atom is -0.491 e. The van der Waals surface area contributed by atoms with Gasteiger partial charge < -0.3 is 19.0 Å². The van der Waals surface area contributed by atoms with Gasteiger partial charge in [-0.05, 0) is 62.9 Å². The molecule has 0 aliphatic carbocycles. The van der Waals surface area contributed by atoms with Gasteiger partial charge in [-0.1, -0.05) is 42.2 Å². The molecule has 1 aromatic rings. The predicted octanol–water partition coefficient (Wildman–Crippen LogP) is 5.71. The number of oxime groups is 1. The van der Waals surface area contributed by atoms with E-state index in [0.29, 0.717) is 26.4 Å². The zero-order valence-corrected chi connectivity index (χ0v) is 18.9. The van der Waals surface area contributed by atoms with Gasteiger partial charge in [-0.15, -0.1) is 0 Å². The third-order valence-electron chi connectivity index (χ3n) is 3.53. The Kier molecular flexibility index (Phi) is 11.4. The molecule has 0 bridgehead atoms. The van der Waals surface area contributed by atoms with Crippen molar-refractivity contribution in [2.75, 3.05) is 26.4 Å². The van der Waals surface area contributed by atoms with Crippen molar-refractivity contribution in [1.29, 1.82) is 0 Å². The molecule has 0 unspecified atom stereocenters. The highest BCUT2D eigenvalue weighted by Crippen LogP contribution is 2.31. The molecule has 0 saturated heterocycles. The van der Waals surface area contributed by atoms with E-state index < -0.39 is 0 Å². The Morgan fingerprint density at radius 1 is 1.00 bits per heavy atom. The Hall–Kier alpha value is -1.43. The van der Waals surface area contributed by atoms with E-state index in [2.05, 4.69) is 19.0 Å². The Labute approximate surface area is 178 Å². The highest BCUT2D eigenvalue weighted by atomic mass is 35.5. The molecule has 0 spiro atoms. The van der Waals surface area contributed by atoms with Crippen molar-refractivity contribution in [3.05, 3.63) is 33.8 Å². The molecule has 0 atom stereocenters. The summed E-state index contributed by atoms with van der Waals surface area (Å²) in [6.45, 7) is 11.6. The second kappa shape index (κ2) is 12.9. The zero-order chi connectivity index (χ0) is 21.0. The number of ether oxygens (including phenoxy) is 3. The number of rotatable bonds is 12. The Balaban J connectivity index is 2.56. The molecule has 0 saturated carbocycles. The van der Waals surface area contributed by atoms with Crippen molar-refractivity contribution in [2.24, 2.45) is 5.16 Å². The molecule has 0 aromatic heterocycles. The third-order valence-corrected chi connectivity index (χ3v) is 3.84. The maximum absolute atomic E-state index is 6.00. The maximum atomic E-state index is 6.00. The second-order valence-electron chi connectivity index (χ2n) is 7.00. The van der Waals surface area contributed by atoms with Crippen LogP contribution < -0.4 is 9.47 Å². The molecule has 0 N–H and O–H groups in total. The summed E-state index contributed by atoms with van der Waals surface area (Å²) in [6, 6.07) is 3.98. The van der Waals surface area contributed by atoms with Gasteiger partial charge in [-0.3, -0.25) is 0 Å². The molecule has 1 rings (SSSR count). The van der Waals surface area contributed by atoms with Crippen LogP contribution in [0.25, 0.3) is 0 Å². The molecule has 28 heavy (non-hydrogen) atoms. The zero-order valence-electron chi connectivity index (χ0n) is 17.4. The quantitative estimate of drug-likeness (QED) is 0.241. The largest absolute Gasteiger partial charge is 0.491 e. The number of halogens is 2. The van der Waals surface area contributed by atoms with Crippen molar-refractivity contribution in [1.82, 2.24) is 0 Å². The van der Waals surface area contributed by atoms with Crippen LogP contribution in [0, 0.1) is 0 Å². The van der Waals surface area contributed by atoms with Crippen molar-refractivity contribution >= 4 is 29.4 Å². The van der Waals surface area contributed by atoms with Crippen LogP contribution in [0.3, 0.4) is 0 Å². The topological polar surface area (TPSA) is 49.3 Å². The standard InChI is InChI=1S/C21H31Cl2NO4/c1-6-16-14-18(26-10-8-19(22)23)15-17(7-2)20(16)27-13-12-25-11-9-24-28-21(3,4)5/h8-9,14-15H,6-7,10-13H2,1-5H3/b24-9-. The molecule has 158 valence electrons. The first-order chi connectivity index (χ1) is 13.3. The second-order valence-corrected chi connectivity index (χ2v) is 8.01. The van der Waals surface area contributed by atoms with Gasteiger partial charge in [0.1, 0.15) is 34.8 Å². The average molecular weight is 432 g/mol. The number of hydrogen-bond acceptors (Lipinski definition) is 5. The summed E-state index contributed by atoms with van der Waals surface area (Å²) in [6.07, 6.45) is 4.89. The predicted molar refractivity (Wildman–Crippen MR) is 116 cm³/mol. The molecule has 0 amide bonds. The maximum Gasteiger partial charge on any atom is 0.129 e. The van der Waals surface area contributed by atoms with E-state index in [4.69, 9.17) is 42.3 Å². The first-order valence-electron chi connectivity index (χ1n) is 9.47. The number of aryl methyl sites for hydroxylation is 2. The minimum absolute atomic E-state index is 0.196. The summed E-state index contributed by atoms with van der Waals surface area (Å²) < 4.78 is 17.4. The van der Waals surface area contributed by atoms with Crippen LogP contribution in [0.15, 0.2) is 27.9 Å². The Morgan fingerprint density at radius 2 is 1.64 bits per heavy atom. The van der Waals surface area contributed by atoms with Gasteiger partial charge in [-0.25, -0.2) is 0 Å². The molecular weight excluding hydrogens is 401 g/mol. The number of benzene rings is 1. The lowest BCUT2D eigenvalue weighted by Crippen LogP contribution is -2.16. The van der Waals surface area contributed by atoms with Crippen LogP contribution >= 0.6 is 23.2 Å². The normalized spacial score (nSPS) is 11.5. The molecular formula is C21H31Cl2NO4. The lowest BCUT2D eigenvalue weighted by atomic mass is 10.0. The number of hydrogen-bond donors (Lipinski definition) is 0. The van der Waals surface area contributed by atoms with Gasteiger partial charge in [0.15, 0.2) is 0 Å². The fraction of sp³-hybridized carbons (Fsp3) is 0.571. The molecule has 0 aliphatic rings. The summed E-state index contributed by atoms with van der Waals surface area (Å²) in [5.74, 6) is 1.68. The van der Waals surface area contributed by atoms with Gasteiger partial charge in [-0.2, -0.15) is 0 Å². The summed E-state index contributed by atoms with van der Waals surface area (Å²) >= 11 is 11.2. The summed E-state index contributed by atoms with van der Waals surface area (Å²) in [7, 11) is 0. The van der Waals surface area contributed by atoms with Gasteiger partial charge in [0.2, 0.25) is 0 Å². The fourth-order valence-electron chi connectivity index (χ4n) is 2.28. The summed E-state index contributed by atoms with van der Waals surface area (Å²) in [4.78, 5) is 5.25. The summed E-state index contributed by atoms with van der Waals surface area (Å²) in [5, 5.41) is 3.87.